The van der Waals surface area contributed by atoms with Crippen LogP contribution in [0.1, 0.15) is 30.5 Å². The number of urea groups is 1. The molecule has 0 bridgehead atoms. The summed E-state index contributed by atoms with van der Waals surface area (Å²) in [5, 5.41) is 11.3. The Balaban J connectivity index is 1.38. The zero-order chi connectivity index (χ0) is 19.0. The van der Waals surface area contributed by atoms with E-state index in [9.17, 15) is 4.79 Å². The average Bonchev–Trinajstić information content (AvgIpc) is 3.38. The molecule has 0 unspecified atom stereocenters. The van der Waals surface area contributed by atoms with Gasteiger partial charge >= 0.3 is 6.03 Å². The van der Waals surface area contributed by atoms with Gasteiger partial charge in [0.05, 0.1) is 38.8 Å². The van der Waals surface area contributed by atoms with E-state index in [-0.39, 0.29) is 12.1 Å². The quantitative estimate of drug-likeness (QED) is 0.835. The van der Waals surface area contributed by atoms with Crippen LogP contribution in [-0.2, 0) is 0 Å². The van der Waals surface area contributed by atoms with Gasteiger partial charge in [-0.25, -0.2) is 9.48 Å². The third-order valence-electron chi connectivity index (χ3n) is 4.96. The first-order chi connectivity index (χ1) is 13.1. The van der Waals surface area contributed by atoms with Crippen molar-refractivity contribution in [2.75, 3.05) is 39.7 Å². The van der Waals surface area contributed by atoms with Crippen LogP contribution in [0.4, 0.5) is 10.5 Å². The van der Waals surface area contributed by atoms with E-state index in [1.807, 2.05) is 10.9 Å². The number of nitrogens with zero attached hydrogens (tertiary/aromatic N) is 4. The smallest absolute Gasteiger partial charge is 0.321 e. The Morgan fingerprint density at radius 3 is 2.33 bits per heavy atom. The molecule has 9 nitrogen and oxygen atoms in total. The van der Waals surface area contributed by atoms with Crippen LogP contribution >= 0.6 is 0 Å². The third-order valence-corrected chi connectivity index (χ3v) is 4.96. The first-order valence-corrected chi connectivity index (χ1v) is 8.90. The molecule has 2 aromatic rings. The van der Waals surface area contributed by atoms with Gasteiger partial charge in [-0.2, -0.15) is 0 Å². The fourth-order valence-electron chi connectivity index (χ4n) is 3.18. The molecule has 1 aliphatic carbocycles. The van der Waals surface area contributed by atoms with Crippen molar-refractivity contribution < 1.29 is 19.0 Å². The summed E-state index contributed by atoms with van der Waals surface area (Å²) in [7, 11) is 4.62. The highest BCUT2D eigenvalue weighted by atomic mass is 16.5. The number of rotatable bonds is 6. The number of aromatic nitrogens is 3. The molecular formula is C18H23N5O4. The number of carbonyl (C=O) groups is 1. The minimum absolute atomic E-state index is 0.177. The fourth-order valence-corrected chi connectivity index (χ4v) is 3.18. The van der Waals surface area contributed by atoms with Crippen molar-refractivity contribution in [1.29, 1.82) is 0 Å². The molecule has 0 atom stereocenters. The zero-order valence-electron chi connectivity index (χ0n) is 15.6. The first-order valence-electron chi connectivity index (χ1n) is 8.90. The summed E-state index contributed by atoms with van der Waals surface area (Å²) >= 11 is 0. The first kappa shape index (κ1) is 17.4. The SMILES string of the molecule is COc1cc(NC(=O)N2CC(n3cc(C4CC4)nn3)C2)cc(OC)c1OC. The van der Waals surface area contributed by atoms with Crippen molar-refractivity contribution in [3.8, 4) is 17.2 Å². The number of benzene rings is 1. The van der Waals surface area contributed by atoms with Gasteiger partial charge in [0, 0.05) is 37.3 Å². The van der Waals surface area contributed by atoms with Crippen LogP contribution in [0.2, 0.25) is 0 Å². The highest BCUT2D eigenvalue weighted by Gasteiger charge is 2.34. The van der Waals surface area contributed by atoms with Crippen LogP contribution in [0.5, 0.6) is 17.2 Å². The molecule has 1 aromatic carbocycles. The van der Waals surface area contributed by atoms with E-state index in [4.69, 9.17) is 14.2 Å². The van der Waals surface area contributed by atoms with Crippen LogP contribution in [0.25, 0.3) is 0 Å². The molecule has 9 heteroatoms. The standard InChI is InChI=1S/C18H23N5O4/c1-25-15-6-12(7-16(26-2)17(15)27-3)19-18(24)22-8-13(9-22)23-10-14(20-21-23)11-4-5-11/h6-7,10-11,13H,4-5,8-9H2,1-3H3,(H,19,24). The Labute approximate surface area is 157 Å². The number of amides is 2. The van der Waals surface area contributed by atoms with Gasteiger partial charge in [0.25, 0.3) is 0 Å². The minimum atomic E-state index is -0.178. The van der Waals surface area contributed by atoms with Crippen molar-refractivity contribution in [1.82, 2.24) is 19.9 Å². The molecular weight excluding hydrogens is 350 g/mol. The lowest BCUT2D eigenvalue weighted by Gasteiger charge is -2.38. The summed E-state index contributed by atoms with van der Waals surface area (Å²) in [6.07, 6.45) is 4.41. The number of hydrogen-bond donors (Lipinski definition) is 1. The maximum absolute atomic E-state index is 12.5. The molecule has 0 spiro atoms. The molecule has 27 heavy (non-hydrogen) atoms. The summed E-state index contributed by atoms with van der Waals surface area (Å²) in [6.45, 7) is 1.20. The van der Waals surface area contributed by atoms with Gasteiger partial charge in [-0.1, -0.05) is 5.21 Å². The highest BCUT2D eigenvalue weighted by Crippen LogP contribution is 2.40. The maximum Gasteiger partial charge on any atom is 0.321 e. The Hall–Kier alpha value is -2.97. The number of nitrogens with one attached hydrogen (secondary N) is 1. The molecule has 1 N–H and O–H groups in total. The van der Waals surface area contributed by atoms with E-state index in [0.717, 1.165) is 5.69 Å². The topological polar surface area (TPSA) is 90.7 Å². The summed E-state index contributed by atoms with van der Waals surface area (Å²) in [5.74, 6) is 2.05. The number of ether oxygens (including phenoxy) is 3. The summed E-state index contributed by atoms with van der Waals surface area (Å²) in [5.41, 5.74) is 1.64. The van der Waals surface area contributed by atoms with Gasteiger partial charge in [-0.05, 0) is 12.8 Å². The van der Waals surface area contributed by atoms with Gasteiger partial charge in [0.1, 0.15) is 0 Å². The molecule has 2 heterocycles. The van der Waals surface area contributed by atoms with Crippen molar-refractivity contribution >= 4 is 11.7 Å². The second-order valence-electron chi connectivity index (χ2n) is 6.80. The average molecular weight is 373 g/mol. The second-order valence-corrected chi connectivity index (χ2v) is 6.80. The molecule has 1 saturated carbocycles. The van der Waals surface area contributed by atoms with E-state index in [1.54, 1.807) is 17.0 Å². The van der Waals surface area contributed by atoms with Crippen LogP contribution in [0.3, 0.4) is 0 Å². The lowest BCUT2D eigenvalue weighted by Crippen LogP contribution is -2.52. The van der Waals surface area contributed by atoms with E-state index < -0.39 is 0 Å². The number of likely N-dealkylation sites (tertiary alicyclic amines) is 1. The van der Waals surface area contributed by atoms with Crippen LogP contribution in [0.15, 0.2) is 18.3 Å². The van der Waals surface area contributed by atoms with E-state index in [0.29, 0.717) is 41.9 Å². The molecule has 2 aliphatic rings. The van der Waals surface area contributed by atoms with Gasteiger partial charge in [-0.15, -0.1) is 5.10 Å². The Morgan fingerprint density at radius 1 is 1.11 bits per heavy atom. The van der Waals surface area contributed by atoms with Crippen molar-refractivity contribution in [3.63, 3.8) is 0 Å². The molecule has 1 aliphatic heterocycles. The van der Waals surface area contributed by atoms with Crippen molar-refractivity contribution in [3.05, 3.63) is 24.0 Å². The highest BCUT2D eigenvalue weighted by molar-refractivity contribution is 5.90. The van der Waals surface area contributed by atoms with Gasteiger partial charge in [-0.3, -0.25) is 0 Å². The van der Waals surface area contributed by atoms with Gasteiger partial charge < -0.3 is 24.4 Å². The Bertz CT molecular complexity index is 817. The summed E-state index contributed by atoms with van der Waals surface area (Å²) in [4.78, 5) is 14.2. The van der Waals surface area contributed by atoms with Crippen molar-refractivity contribution in [2.24, 2.45) is 0 Å². The molecule has 144 valence electrons. The lowest BCUT2D eigenvalue weighted by atomic mass is 10.1. The zero-order valence-corrected chi connectivity index (χ0v) is 15.6. The maximum atomic E-state index is 12.5. The van der Waals surface area contributed by atoms with E-state index >= 15 is 0 Å². The Kier molecular flexibility index (Phi) is 4.51. The molecule has 4 rings (SSSR count). The molecule has 1 saturated heterocycles. The Morgan fingerprint density at radius 2 is 1.78 bits per heavy atom. The number of hydrogen-bond acceptors (Lipinski definition) is 6. The van der Waals surface area contributed by atoms with Crippen molar-refractivity contribution in [2.45, 2.75) is 24.8 Å². The van der Waals surface area contributed by atoms with Crippen LogP contribution in [-0.4, -0.2) is 60.3 Å². The van der Waals surface area contributed by atoms with Gasteiger partial charge in [0.15, 0.2) is 11.5 Å². The normalized spacial score (nSPS) is 16.6. The molecule has 2 amide bonds. The van der Waals surface area contributed by atoms with Crippen LogP contribution in [0, 0.1) is 0 Å². The summed E-state index contributed by atoms with van der Waals surface area (Å²) in [6, 6.07) is 3.41. The van der Waals surface area contributed by atoms with Crippen LogP contribution < -0.4 is 19.5 Å². The molecule has 2 fully saturated rings. The molecule has 1 aromatic heterocycles. The third kappa shape index (κ3) is 3.36. The number of anilines is 1. The minimum Gasteiger partial charge on any atom is -0.493 e. The summed E-state index contributed by atoms with van der Waals surface area (Å²) < 4.78 is 17.8. The van der Waals surface area contributed by atoms with E-state index in [1.165, 1.54) is 34.2 Å². The fraction of sp³-hybridized carbons (Fsp3) is 0.500. The largest absolute Gasteiger partial charge is 0.493 e. The predicted octanol–water partition coefficient (Wildman–Crippen LogP) is 2.27. The van der Waals surface area contributed by atoms with Gasteiger partial charge in [0.2, 0.25) is 5.75 Å². The monoisotopic (exact) mass is 373 g/mol. The number of carbonyl (C=O) groups excluding carboxylic acids is 1. The second kappa shape index (κ2) is 6.98. The number of methoxy groups -OCH3 is 3. The lowest BCUT2D eigenvalue weighted by molar-refractivity contribution is 0.127. The molecule has 0 radical (unpaired) electrons. The predicted molar refractivity (Wildman–Crippen MR) is 97.7 cm³/mol. The van der Waals surface area contributed by atoms with E-state index in [2.05, 4.69) is 15.6 Å².